The minimum Gasteiger partial charge on any atom is -0.744 e. The molecule has 11 heteroatoms. The molecule has 0 amide bonds. The molecule has 0 aliphatic heterocycles. The summed E-state index contributed by atoms with van der Waals surface area (Å²) in [5, 5.41) is 14.1. The van der Waals surface area contributed by atoms with Crippen molar-refractivity contribution in [3.05, 3.63) is 197 Å². The largest absolute Gasteiger partial charge is 1.00 e. The van der Waals surface area contributed by atoms with Gasteiger partial charge in [-0.2, -0.15) is 0 Å². The molecule has 328 valence electrons. The van der Waals surface area contributed by atoms with Gasteiger partial charge in [0.05, 0.1) is 0 Å². The molecule has 0 saturated carbocycles. The summed E-state index contributed by atoms with van der Waals surface area (Å²) in [6.45, 7) is 33.9. The zero-order valence-corrected chi connectivity index (χ0v) is 46.6. The number of allylic oxidation sites excluding steroid dienone is 33. The first-order valence-corrected chi connectivity index (χ1v) is 22.2. The van der Waals surface area contributed by atoms with Crippen LogP contribution >= 0.6 is 0 Å². The van der Waals surface area contributed by atoms with Crippen molar-refractivity contribution in [2.45, 2.75) is 118 Å². The summed E-state index contributed by atoms with van der Waals surface area (Å²) < 4.78 is 48.7. The average Bonchev–Trinajstić information content (AvgIpc) is 3.02. The monoisotopic (exact) mass is 902 g/mol. The van der Waals surface area contributed by atoms with E-state index < -0.39 is 21.2 Å². The molecule has 7 nitrogen and oxygen atoms in total. The fraction of sp³-hybridized carbons (Fsp3) is 0.333. The van der Waals surface area contributed by atoms with E-state index in [4.69, 9.17) is 0 Å². The fourth-order valence-corrected chi connectivity index (χ4v) is 7.68. The van der Waals surface area contributed by atoms with Crippen LogP contribution in [-0.2, 0) is 30.6 Å². The van der Waals surface area contributed by atoms with E-state index in [9.17, 15) is 22.4 Å². The van der Waals surface area contributed by atoms with Crippen molar-refractivity contribution in [3.8, 4) is 0 Å². The van der Waals surface area contributed by atoms with Gasteiger partial charge in [0.25, 0.3) is 0 Å². The van der Waals surface area contributed by atoms with Crippen molar-refractivity contribution in [2.75, 3.05) is 0 Å². The van der Waals surface area contributed by atoms with Gasteiger partial charge in [-0.15, -0.1) is 4.33 Å². The zero-order chi connectivity index (χ0) is 46.3. The van der Waals surface area contributed by atoms with Crippen molar-refractivity contribution in [2.24, 2.45) is 0 Å². The van der Waals surface area contributed by atoms with Gasteiger partial charge in [-0.05, 0) is 135 Å². The van der Waals surface area contributed by atoms with Crippen molar-refractivity contribution in [3.63, 3.8) is 0 Å². The Hall–Kier alpha value is -2.48. The van der Waals surface area contributed by atoms with Gasteiger partial charge >= 0.3 is 59.1 Å². The van der Waals surface area contributed by atoms with E-state index in [1.165, 1.54) is 0 Å². The Balaban J connectivity index is -0.0000174. The van der Waals surface area contributed by atoms with Crippen LogP contribution < -0.4 is 64.4 Å². The van der Waals surface area contributed by atoms with Crippen LogP contribution in [0.15, 0.2) is 197 Å². The van der Waals surface area contributed by atoms with Crippen molar-refractivity contribution in [1.29, 1.82) is 0 Å². The number of hydrogen-bond acceptors (Lipinski definition) is 7. The van der Waals surface area contributed by atoms with Crippen LogP contribution in [0.25, 0.3) is 0 Å². The molecule has 0 saturated heterocycles. The van der Waals surface area contributed by atoms with E-state index in [-0.39, 0.29) is 59.1 Å². The normalized spacial score (nSPS) is 17.3. The van der Waals surface area contributed by atoms with Crippen LogP contribution in [0.4, 0.5) is 0 Å². The molecule has 0 aromatic rings. The van der Waals surface area contributed by atoms with E-state index in [1.807, 2.05) is 53.7 Å². The van der Waals surface area contributed by atoms with Gasteiger partial charge in [-0.25, -0.2) is 12.6 Å². The summed E-state index contributed by atoms with van der Waals surface area (Å²) in [6.07, 6.45) is 33.1. The van der Waals surface area contributed by atoms with E-state index in [2.05, 4.69) is 145 Å². The van der Waals surface area contributed by atoms with Crippen molar-refractivity contribution < 1.29 is 90.9 Å². The minimum atomic E-state index is -4.41. The maximum atomic E-state index is 11.7. The van der Waals surface area contributed by atoms with Crippen LogP contribution in [0.1, 0.15) is 118 Å². The number of hydrogen-bond donors (Lipinski definition) is 0. The van der Waals surface area contributed by atoms with E-state index in [1.54, 1.807) is 26.0 Å². The Kier molecular flexibility index (Phi) is 34.0. The van der Waals surface area contributed by atoms with E-state index >= 15 is 0 Å². The van der Waals surface area contributed by atoms with Crippen LogP contribution in [-0.4, -0.2) is 17.2 Å². The van der Waals surface area contributed by atoms with E-state index in [0.717, 1.165) is 89.0 Å². The predicted molar refractivity (Wildman–Crippen MR) is 254 cm³/mol. The smallest absolute Gasteiger partial charge is 0.744 e. The predicted octanol–water partition coefficient (Wildman–Crippen LogP) is 7.43. The van der Waals surface area contributed by atoms with Crippen molar-refractivity contribution in [1.82, 2.24) is 0 Å². The van der Waals surface area contributed by atoms with Crippen LogP contribution in [0.5, 0.6) is 0 Å². The van der Waals surface area contributed by atoms with Crippen LogP contribution in [0.2, 0.25) is 0 Å². The van der Waals surface area contributed by atoms with Gasteiger partial charge in [-0.3, -0.25) is 5.04 Å². The molecular formula is C51H68Na2O7S2. The summed E-state index contributed by atoms with van der Waals surface area (Å²) in [5.41, 5.74) is 16.7. The maximum absolute atomic E-state index is 11.7. The van der Waals surface area contributed by atoms with Gasteiger partial charge in [0.2, 0.25) is 11.1 Å². The third kappa shape index (κ3) is 34.0. The molecule has 0 fully saturated rings. The number of rotatable bonds is 20. The van der Waals surface area contributed by atoms with Crippen LogP contribution in [0, 0.1) is 0 Å². The molecular weight excluding hydrogens is 835 g/mol. The SMILES string of the molecule is CC(=C/S(=O)(=O)[O-])/C=C(C)/C=C(C)/C=C(C)/C=C(C)/C=C(C)/C=C(C)/C=C(C)/C=C(C)/C=C(C)/C=C(C)/C=C(C)/C=C(C)/C=C(C)/C=C(C)/C=C(C)/C=C(\C)S(=O)OO[O-].[Na+].[Na+]. The molecule has 0 aliphatic carbocycles. The Morgan fingerprint density at radius 2 is 0.516 bits per heavy atom. The standard InChI is InChI=1S/C51H70O7S2.2Na/c1-35(18-36(2)20-38(4)22-40(6)24-42(8)26-44(10)28-46(12)30-48(14)32-50(16)34-60(54,55)56)19-37(3)21-39(5)23-41(7)25-43(9)27-45(11)29-47(13)31-49(15)33-51(17)59(53)58-57-52;;/h18-34,52H,1-17H3,(H,54,55,56);;/q;2*+1/p-2/b35-18+,36-20+,37-19+,38-22+,39-21+,40-24+,41-23+,42-26+,43-25+,44-28+,45-27+,46-30+,47-29+,48-32+,49-31+,50-34-,51-33+;;. The second-order valence-electron chi connectivity index (χ2n) is 15.8. The summed E-state index contributed by atoms with van der Waals surface area (Å²) >= 11 is -1.94. The maximum Gasteiger partial charge on any atom is 1.00 e. The molecule has 1 unspecified atom stereocenters. The van der Waals surface area contributed by atoms with Gasteiger partial charge in [-0.1, -0.05) is 169 Å². The molecule has 0 N–H and O–H groups in total. The fourth-order valence-electron chi connectivity index (χ4n) is 6.72. The Labute approximate surface area is 422 Å². The van der Waals surface area contributed by atoms with Gasteiger partial charge < -0.3 is 9.81 Å². The molecule has 0 aromatic heterocycles. The molecule has 0 radical (unpaired) electrons. The molecule has 0 bridgehead atoms. The third-order valence-corrected chi connectivity index (χ3v) is 9.43. The molecule has 0 rings (SSSR count). The quantitative estimate of drug-likeness (QED) is 0.0411. The van der Waals surface area contributed by atoms with Gasteiger partial charge in [0.1, 0.15) is 10.1 Å². The Morgan fingerprint density at radius 3 is 0.677 bits per heavy atom. The Morgan fingerprint density at radius 1 is 0.355 bits per heavy atom. The molecule has 62 heavy (non-hydrogen) atoms. The van der Waals surface area contributed by atoms with E-state index in [0.29, 0.717) is 10.5 Å². The molecule has 0 aliphatic rings. The summed E-state index contributed by atoms with van der Waals surface area (Å²) in [4.78, 5) is 0.377. The topological polar surface area (TPSA) is 116 Å². The summed E-state index contributed by atoms with van der Waals surface area (Å²) in [5.74, 6) is 0. The molecule has 0 spiro atoms. The van der Waals surface area contributed by atoms with Crippen LogP contribution in [0.3, 0.4) is 0 Å². The molecule has 0 aromatic carbocycles. The first-order valence-electron chi connectivity index (χ1n) is 19.6. The molecule has 1 atom stereocenters. The summed E-state index contributed by atoms with van der Waals surface area (Å²) in [7, 11) is -4.41. The van der Waals surface area contributed by atoms with Gasteiger partial charge in [0.15, 0.2) is 0 Å². The second-order valence-corrected chi connectivity index (χ2v) is 18.3. The minimum absolute atomic E-state index is 0. The first kappa shape index (κ1) is 63.8. The second kappa shape index (κ2) is 33.1. The van der Waals surface area contributed by atoms with Crippen molar-refractivity contribution >= 4 is 21.2 Å². The Bertz CT molecular complexity index is 2250. The first-order chi connectivity index (χ1) is 27.7. The summed E-state index contributed by atoms with van der Waals surface area (Å²) in [6, 6.07) is 0. The zero-order valence-electron chi connectivity index (χ0n) is 41.0. The molecule has 0 heterocycles. The van der Waals surface area contributed by atoms with Gasteiger partial charge in [0, 0.05) is 10.3 Å². The average molecular weight is 903 g/mol. The third-order valence-electron chi connectivity index (χ3n) is 7.94.